The molecule has 1 saturated heterocycles. The van der Waals surface area contributed by atoms with Crippen molar-refractivity contribution in [3.8, 4) is 0 Å². The summed E-state index contributed by atoms with van der Waals surface area (Å²) in [5, 5.41) is 0. The molecule has 1 aliphatic heterocycles. The molecule has 3 nitrogen and oxygen atoms in total. The SMILES string of the molecule is NC1(CC(F)F)CCS(=O)(=O)C1. The lowest BCUT2D eigenvalue weighted by molar-refractivity contribution is 0.110. The van der Waals surface area contributed by atoms with Crippen LogP contribution in [0.5, 0.6) is 0 Å². The van der Waals surface area contributed by atoms with Gasteiger partial charge in [-0.1, -0.05) is 0 Å². The van der Waals surface area contributed by atoms with Crippen LogP contribution in [0.2, 0.25) is 0 Å². The lowest BCUT2D eigenvalue weighted by Crippen LogP contribution is -2.42. The van der Waals surface area contributed by atoms with Crippen molar-refractivity contribution in [3.05, 3.63) is 0 Å². The van der Waals surface area contributed by atoms with Gasteiger partial charge in [-0.25, -0.2) is 17.2 Å². The van der Waals surface area contributed by atoms with E-state index in [0.717, 1.165) is 0 Å². The second-order valence-corrected chi connectivity index (χ2v) is 5.48. The van der Waals surface area contributed by atoms with Crippen molar-refractivity contribution in [3.63, 3.8) is 0 Å². The fourth-order valence-corrected chi connectivity index (χ4v) is 3.41. The maximum Gasteiger partial charge on any atom is 0.240 e. The quantitative estimate of drug-likeness (QED) is 0.689. The van der Waals surface area contributed by atoms with Gasteiger partial charge < -0.3 is 5.73 Å². The van der Waals surface area contributed by atoms with E-state index in [0.29, 0.717) is 0 Å². The summed E-state index contributed by atoms with van der Waals surface area (Å²) in [5.74, 6) is -0.361. The van der Waals surface area contributed by atoms with Crippen molar-refractivity contribution in [2.45, 2.75) is 24.8 Å². The molecule has 1 rings (SSSR count). The Morgan fingerprint density at radius 2 is 2.08 bits per heavy atom. The zero-order valence-electron chi connectivity index (χ0n) is 6.46. The highest BCUT2D eigenvalue weighted by Crippen LogP contribution is 2.26. The monoisotopic (exact) mass is 199 g/mol. The third-order valence-corrected chi connectivity index (χ3v) is 3.82. The van der Waals surface area contributed by atoms with E-state index in [9.17, 15) is 17.2 Å². The third-order valence-electron chi connectivity index (χ3n) is 1.98. The van der Waals surface area contributed by atoms with Gasteiger partial charge in [-0.15, -0.1) is 0 Å². The number of nitrogens with two attached hydrogens (primary N) is 1. The van der Waals surface area contributed by atoms with Gasteiger partial charge in [0.2, 0.25) is 6.43 Å². The Labute approximate surface area is 69.9 Å². The predicted octanol–water partition coefficient (Wildman–Crippen LogP) is 0.158. The minimum Gasteiger partial charge on any atom is -0.324 e. The van der Waals surface area contributed by atoms with Crippen molar-refractivity contribution >= 4 is 9.84 Å². The Bertz CT molecular complexity index is 265. The molecule has 0 saturated carbocycles. The van der Waals surface area contributed by atoms with E-state index in [2.05, 4.69) is 0 Å². The van der Waals surface area contributed by atoms with E-state index in [1.165, 1.54) is 0 Å². The van der Waals surface area contributed by atoms with Gasteiger partial charge in [-0.3, -0.25) is 0 Å². The van der Waals surface area contributed by atoms with Crippen LogP contribution >= 0.6 is 0 Å². The first-order valence-corrected chi connectivity index (χ1v) is 5.43. The Morgan fingerprint density at radius 1 is 1.50 bits per heavy atom. The summed E-state index contributed by atoms with van der Waals surface area (Å²) in [6, 6.07) is 0. The molecule has 0 spiro atoms. The first-order valence-electron chi connectivity index (χ1n) is 3.60. The van der Waals surface area contributed by atoms with Crippen molar-refractivity contribution in [2.24, 2.45) is 5.73 Å². The second-order valence-electron chi connectivity index (χ2n) is 3.30. The summed E-state index contributed by atoms with van der Waals surface area (Å²) in [6.07, 6.45) is -2.89. The molecule has 1 atom stereocenters. The van der Waals surface area contributed by atoms with Crippen molar-refractivity contribution in [1.82, 2.24) is 0 Å². The molecule has 1 aliphatic rings. The fraction of sp³-hybridized carbons (Fsp3) is 1.00. The first kappa shape index (κ1) is 9.85. The Hall–Kier alpha value is -0.230. The van der Waals surface area contributed by atoms with Gasteiger partial charge in [0.25, 0.3) is 0 Å². The average Bonchev–Trinajstić information content (AvgIpc) is 2.03. The normalized spacial score (nSPS) is 34.3. The zero-order valence-corrected chi connectivity index (χ0v) is 7.28. The lowest BCUT2D eigenvalue weighted by Gasteiger charge is -2.20. The van der Waals surface area contributed by atoms with Crippen LogP contribution < -0.4 is 5.73 Å². The van der Waals surface area contributed by atoms with Crippen molar-refractivity contribution in [1.29, 1.82) is 0 Å². The summed E-state index contributed by atoms with van der Waals surface area (Å²) in [7, 11) is -3.16. The molecule has 12 heavy (non-hydrogen) atoms. The fourth-order valence-electron chi connectivity index (χ4n) is 1.41. The number of hydrogen-bond acceptors (Lipinski definition) is 3. The van der Waals surface area contributed by atoms with Gasteiger partial charge in [-0.2, -0.15) is 0 Å². The molecule has 72 valence electrons. The molecule has 0 aromatic carbocycles. The van der Waals surface area contributed by atoms with Crippen molar-refractivity contribution in [2.75, 3.05) is 11.5 Å². The molecule has 0 aliphatic carbocycles. The molecule has 0 aromatic heterocycles. The predicted molar refractivity (Wildman–Crippen MR) is 40.8 cm³/mol. The van der Waals surface area contributed by atoms with Crippen LogP contribution in [0.25, 0.3) is 0 Å². The topological polar surface area (TPSA) is 60.2 Å². The Balaban J connectivity index is 2.65. The highest BCUT2D eigenvalue weighted by molar-refractivity contribution is 7.91. The molecule has 0 bridgehead atoms. The maximum atomic E-state index is 11.9. The molecule has 1 heterocycles. The highest BCUT2D eigenvalue weighted by Gasteiger charge is 2.40. The van der Waals surface area contributed by atoms with E-state index >= 15 is 0 Å². The first-order chi connectivity index (χ1) is 5.33. The Morgan fingerprint density at radius 3 is 2.42 bits per heavy atom. The van der Waals surface area contributed by atoms with Gasteiger partial charge in [-0.05, 0) is 6.42 Å². The van der Waals surface area contributed by atoms with E-state index in [-0.39, 0.29) is 17.9 Å². The van der Waals surface area contributed by atoms with Crippen molar-refractivity contribution < 1.29 is 17.2 Å². The highest BCUT2D eigenvalue weighted by atomic mass is 32.2. The molecule has 1 unspecified atom stereocenters. The van der Waals surface area contributed by atoms with Gasteiger partial charge in [0.05, 0.1) is 11.5 Å². The largest absolute Gasteiger partial charge is 0.324 e. The van der Waals surface area contributed by atoms with E-state index in [1.54, 1.807) is 0 Å². The van der Waals surface area contributed by atoms with Crippen LogP contribution in [0, 0.1) is 0 Å². The van der Waals surface area contributed by atoms with Crippen LogP contribution in [0.3, 0.4) is 0 Å². The van der Waals surface area contributed by atoms with Gasteiger partial charge >= 0.3 is 0 Å². The Kier molecular flexibility index (Phi) is 2.40. The molecular formula is C6H11F2NO2S. The molecule has 0 aromatic rings. The summed E-state index contributed by atoms with van der Waals surface area (Å²) in [4.78, 5) is 0. The van der Waals surface area contributed by atoms with E-state index in [4.69, 9.17) is 5.73 Å². The molecule has 0 amide bonds. The van der Waals surface area contributed by atoms with Crippen LogP contribution in [-0.2, 0) is 9.84 Å². The maximum absolute atomic E-state index is 11.9. The number of alkyl halides is 2. The lowest BCUT2D eigenvalue weighted by atomic mass is 9.97. The number of halogens is 2. The van der Waals surface area contributed by atoms with E-state index < -0.39 is 28.2 Å². The smallest absolute Gasteiger partial charge is 0.240 e. The van der Waals surface area contributed by atoms with E-state index in [1.807, 2.05) is 0 Å². The van der Waals surface area contributed by atoms with Crippen LogP contribution in [0.1, 0.15) is 12.8 Å². The number of rotatable bonds is 2. The van der Waals surface area contributed by atoms with Crippen LogP contribution in [0.4, 0.5) is 8.78 Å². The minimum absolute atomic E-state index is 0.0593. The third kappa shape index (κ3) is 2.38. The zero-order chi connectivity index (χ0) is 9.41. The number of hydrogen-bond donors (Lipinski definition) is 1. The summed E-state index contributed by atoms with van der Waals surface area (Å²) in [5.41, 5.74) is 4.29. The average molecular weight is 199 g/mol. The molecular weight excluding hydrogens is 188 g/mol. The second kappa shape index (κ2) is 2.92. The molecule has 1 fully saturated rings. The van der Waals surface area contributed by atoms with Gasteiger partial charge in [0.15, 0.2) is 9.84 Å². The molecule has 0 radical (unpaired) electrons. The summed E-state index contributed by atoms with van der Waals surface area (Å²) >= 11 is 0. The van der Waals surface area contributed by atoms with Crippen LogP contribution in [0.15, 0.2) is 0 Å². The number of sulfone groups is 1. The van der Waals surface area contributed by atoms with Gasteiger partial charge in [0.1, 0.15) is 0 Å². The summed E-state index contributed by atoms with van der Waals surface area (Å²) in [6.45, 7) is 0. The minimum atomic E-state index is -3.16. The molecule has 6 heteroatoms. The van der Waals surface area contributed by atoms with Gasteiger partial charge in [0, 0.05) is 12.0 Å². The summed E-state index contributed by atoms with van der Waals surface area (Å²) < 4.78 is 45.6. The van der Waals surface area contributed by atoms with Crippen LogP contribution in [-0.4, -0.2) is 31.9 Å². The standard InChI is InChI=1S/C6H11F2NO2S/c7-5(8)3-6(9)1-2-12(10,11)4-6/h5H,1-4,9H2. The molecule has 2 N–H and O–H groups in total.